The summed E-state index contributed by atoms with van der Waals surface area (Å²) in [6.07, 6.45) is 1.66. The van der Waals surface area contributed by atoms with Gasteiger partial charge in [-0.05, 0) is 12.1 Å². The minimum absolute atomic E-state index is 0.0882. The van der Waals surface area contributed by atoms with E-state index in [-0.39, 0.29) is 23.3 Å². The van der Waals surface area contributed by atoms with E-state index in [4.69, 9.17) is 0 Å². The molecule has 0 unspecified atom stereocenters. The molecule has 1 aromatic heterocycles. The fraction of sp³-hybridized carbons (Fsp3) is 0.261. The summed E-state index contributed by atoms with van der Waals surface area (Å²) in [6.45, 7) is 4.62. The molecule has 1 atom stereocenters. The zero-order valence-electron chi connectivity index (χ0n) is 17.3. The normalized spacial score (nSPS) is 12.1. The SMILES string of the molecule is C=CCn1c(SCC(=O)NC[C@H](c2ccccc2)[NH+](C)C)nc2ccccc2c1=O. The number of para-hydroxylation sites is 1. The molecule has 2 N–H and O–H groups in total. The molecule has 0 aliphatic carbocycles. The molecule has 3 rings (SSSR count). The first-order chi connectivity index (χ1) is 14.5. The smallest absolute Gasteiger partial charge is 0.262 e. The Morgan fingerprint density at radius 1 is 1.20 bits per heavy atom. The van der Waals surface area contributed by atoms with Crippen LogP contribution in [0.15, 0.2) is 77.2 Å². The number of thioether (sulfide) groups is 1. The highest BCUT2D eigenvalue weighted by Crippen LogP contribution is 2.18. The molecule has 3 aromatic rings. The molecule has 0 spiro atoms. The number of amides is 1. The van der Waals surface area contributed by atoms with Gasteiger partial charge in [-0.2, -0.15) is 0 Å². The predicted molar refractivity (Wildman–Crippen MR) is 122 cm³/mol. The van der Waals surface area contributed by atoms with Crippen molar-refractivity contribution in [3.63, 3.8) is 0 Å². The molecule has 7 heteroatoms. The molecular weight excluding hydrogens is 396 g/mol. The first kappa shape index (κ1) is 21.8. The summed E-state index contributed by atoms with van der Waals surface area (Å²) < 4.78 is 1.56. The number of likely N-dealkylation sites (N-methyl/N-ethyl adjacent to an activating group) is 1. The fourth-order valence-electron chi connectivity index (χ4n) is 3.29. The lowest BCUT2D eigenvalue weighted by atomic mass is 10.1. The van der Waals surface area contributed by atoms with Crippen LogP contribution in [0.4, 0.5) is 0 Å². The number of allylic oxidation sites excluding steroid dienone is 1. The van der Waals surface area contributed by atoms with Crippen LogP contribution < -0.4 is 15.8 Å². The standard InChI is InChI=1S/C23H26N4O2S/c1-4-14-27-22(29)18-12-8-9-13-19(18)25-23(27)30-16-21(28)24-15-20(26(2)3)17-10-6-5-7-11-17/h4-13,20H,1,14-16H2,2-3H3,(H,24,28)/p+1/t20-/m1/s1. The third-order valence-electron chi connectivity index (χ3n) is 4.87. The van der Waals surface area contributed by atoms with Crippen LogP contribution in [-0.4, -0.2) is 41.9 Å². The van der Waals surface area contributed by atoms with Crippen LogP contribution in [0.3, 0.4) is 0 Å². The van der Waals surface area contributed by atoms with Gasteiger partial charge in [-0.25, -0.2) is 4.98 Å². The van der Waals surface area contributed by atoms with Crippen molar-refractivity contribution in [3.8, 4) is 0 Å². The summed E-state index contributed by atoms with van der Waals surface area (Å²) in [5.41, 5.74) is 1.69. The number of nitrogens with zero attached hydrogens (tertiary/aromatic N) is 2. The molecule has 6 nitrogen and oxygen atoms in total. The van der Waals surface area contributed by atoms with Crippen LogP contribution in [0.25, 0.3) is 10.9 Å². The number of rotatable bonds is 9. The van der Waals surface area contributed by atoms with E-state index in [9.17, 15) is 9.59 Å². The Balaban J connectivity index is 1.69. The molecule has 0 aliphatic heterocycles. The van der Waals surface area contributed by atoms with Gasteiger partial charge in [0, 0.05) is 12.1 Å². The second-order valence-electron chi connectivity index (χ2n) is 7.25. The van der Waals surface area contributed by atoms with Gasteiger partial charge < -0.3 is 10.2 Å². The van der Waals surface area contributed by atoms with E-state index in [1.165, 1.54) is 22.2 Å². The van der Waals surface area contributed by atoms with Crippen molar-refractivity contribution in [2.45, 2.75) is 17.7 Å². The molecule has 0 radical (unpaired) electrons. The summed E-state index contributed by atoms with van der Waals surface area (Å²) >= 11 is 1.27. The van der Waals surface area contributed by atoms with Gasteiger partial charge in [0.2, 0.25) is 5.91 Å². The van der Waals surface area contributed by atoms with Gasteiger partial charge in [0.25, 0.3) is 5.56 Å². The Labute approximate surface area is 180 Å². The molecular formula is C23H27N4O2S+. The third-order valence-corrected chi connectivity index (χ3v) is 5.85. The summed E-state index contributed by atoms with van der Waals surface area (Å²) in [5, 5.41) is 4.10. The van der Waals surface area contributed by atoms with Crippen LogP contribution in [0, 0.1) is 0 Å². The highest BCUT2D eigenvalue weighted by Gasteiger charge is 2.19. The molecule has 1 heterocycles. The fourth-order valence-corrected chi connectivity index (χ4v) is 4.12. The first-order valence-electron chi connectivity index (χ1n) is 9.86. The van der Waals surface area contributed by atoms with Gasteiger partial charge >= 0.3 is 0 Å². The van der Waals surface area contributed by atoms with Gasteiger partial charge in [0.15, 0.2) is 5.16 Å². The van der Waals surface area contributed by atoms with Crippen molar-refractivity contribution in [1.29, 1.82) is 0 Å². The number of quaternary nitrogens is 1. The van der Waals surface area contributed by atoms with E-state index in [0.717, 1.165) is 0 Å². The van der Waals surface area contributed by atoms with Gasteiger partial charge in [0.05, 0.1) is 37.3 Å². The van der Waals surface area contributed by atoms with Crippen LogP contribution in [0.5, 0.6) is 0 Å². The number of hydrogen-bond acceptors (Lipinski definition) is 4. The number of hydrogen-bond donors (Lipinski definition) is 2. The van der Waals surface area contributed by atoms with Gasteiger partial charge in [-0.3, -0.25) is 14.2 Å². The highest BCUT2D eigenvalue weighted by atomic mass is 32.2. The first-order valence-corrected chi connectivity index (χ1v) is 10.8. The van der Waals surface area contributed by atoms with Gasteiger partial charge in [0.1, 0.15) is 6.04 Å². The van der Waals surface area contributed by atoms with Gasteiger partial charge in [-0.15, -0.1) is 6.58 Å². The molecule has 30 heavy (non-hydrogen) atoms. The zero-order valence-corrected chi connectivity index (χ0v) is 18.1. The molecule has 2 aromatic carbocycles. The maximum absolute atomic E-state index is 12.8. The Hall–Kier alpha value is -2.90. The Morgan fingerprint density at radius 3 is 2.60 bits per heavy atom. The van der Waals surface area contributed by atoms with Crippen LogP contribution in [-0.2, 0) is 11.3 Å². The zero-order chi connectivity index (χ0) is 21.5. The summed E-state index contributed by atoms with van der Waals surface area (Å²) in [6, 6.07) is 17.6. The quantitative estimate of drug-likeness (QED) is 0.312. The Morgan fingerprint density at radius 2 is 1.90 bits per heavy atom. The number of carbonyl (C=O) groups is 1. The third kappa shape index (κ3) is 5.17. The van der Waals surface area contributed by atoms with Crippen molar-refractivity contribution >= 4 is 28.6 Å². The van der Waals surface area contributed by atoms with Crippen LogP contribution in [0.1, 0.15) is 11.6 Å². The second-order valence-corrected chi connectivity index (χ2v) is 8.19. The van der Waals surface area contributed by atoms with E-state index < -0.39 is 0 Å². The van der Waals surface area contributed by atoms with E-state index in [0.29, 0.717) is 29.1 Å². The molecule has 0 aliphatic rings. The lowest BCUT2D eigenvalue weighted by Crippen LogP contribution is -3.07. The summed E-state index contributed by atoms with van der Waals surface area (Å²) in [7, 11) is 4.15. The second kappa shape index (κ2) is 10.2. The van der Waals surface area contributed by atoms with Crippen molar-refractivity contribution < 1.29 is 9.69 Å². The monoisotopic (exact) mass is 423 g/mol. The maximum Gasteiger partial charge on any atom is 0.262 e. The van der Waals surface area contributed by atoms with Crippen molar-refractivity contribution in [2.75, 3.05) is 26.4 Å². The van der Waals surface area contributed by atoms with Crippen molar-refractivity contribution in [2.24, 2.45) is 0 Å². The average Bonchev–Trinajstić information content (AvgIpc) is 2.75. The van der Waals surface area contributed by atoms with Crippen LogP contribution in [0.2, 0.25) is 0 Å². The lowest BCUT2D eigenvalue weighted by Gasteiger charge is -2.22. The molecule has 0 saturated carbocycles. The number of benzene rings is 2. The Kier molecular flexibility index (Phi) is 7.43. The minimum Gasteiger partial charge on any atom is -0.349 e. The van der Waals surface area contributed by atoms with Crippen molar-refractivity contribution in [1.82, 2.24) is 14.9 Å². The number of carbonyl (C=O) groups excluding carboxylic acids is 1. The van der Waals surface area contributed by atoms with E-state index in [1.54, 1.807) is 16.7 Å². The topological polar surface area (TPSA) is 68.4 Å². The van der Waals surface area contributed by atoms with Gasteiger partial charge in [-0.1, -0.05) is 60.3 Å². The van der Waals surface area contributed by atoms with Crippen molar-refractivity contribution in [3.05, 3.63) is 83.2 Å². The number of fused-ring (bicyclic) bond motifs is 1. The predicted octanol–water partition coefficient (Wildman–Crippen LogP) is 1.68. The molecule has 0 fully saturated rings. The minimum atomic E-state index is -0.122. The highest BCUT2D eigenvalue weighted by molar-refractivity contribution is 7.99. The average molecular weight is 424 g/mol. The molecule has 0 saturated heterocycles. The van der Waals surface area contributed by atoms with E-state index >= 15 is 0 Å². The number of nitrogens with one attached hydrogen (secondary N) is 2. The van der Waals surface area contributed by atoms with E-state index in [2.05, 4.69) is 43.1 Å². The van der Waals surface area contributed by atoms with Crippen LogP contribution >= 0.6 is 11.8 Å². The Bertz CT molecular complexity index is 1080. The molecule has 0 bridgehead atoms. The van der Waals surface area contributed by atoms with E-state index in [1.807, 2.05) is 36.4 Å². The summed E-state index contributed by atoms with van der Waals surface area (Å²) in [5.74, 6) is 0.0985. The molecule has 1 amide bonds. The maximum atomic E-state index is 12.8. The largest absolute Gasteiger partial charge is 0.349 e. The summed E-state index contributed by atoms with van der Waals surface area (Å²) in [4.78, 5) is 31.1. The molecule has 156 valence electrons. The lowest BCUT2D eigenvalue weighted by molar-refractivity contribution is -0.890. The number of aromatic nitrogens is 2.